The summed E-state index contributed by atoms with van der Waals surface area (Å²) in [5, 5.41) is 0. The maximum Gasteiger partial charge on any atom is 0.338 e. The van der Waals surface area contributed by atoms with Crippen LogP contribution in [0.1, 0.15) is 35.2 Å². The molecule has 25 heavy (non-hydrogen) atoms. The SMILES string of the molecule is COC(=O)c1ccc(OCC2CC3(CO2)CC2(C3)OCCO2)cc1C. The number of rotatable bonds is 4. The maximum atomic E-state index is 11.6. The summed E-state index contributed by atoms with van der Waals surface area (Å²) in [5.41, 5.74) is 1.58. The average Bonchev–Trinajstić information content (AvgIpc) is 3.21. The highest BCUT2D eigenvalue weighted by molar-refractivity contribution is 5.91. The molecule has 2 saturated heterocycles. The lowest BCUT2D eigenvalue weighted by atomic mass is 9.63. The molecule has 6 heteroatoms. The zero-order valence-corrected chi connectivity index (χ0v) is 14.7. The lowest BCUT2D eigenvalue weighted by Crippen LogP contribution is -2.53. The number of carbonyl (C=O) groups excluding carboxylic acids is 1. The quantitative estimate of drug-likeness (QED) is 0.779. The Balaban J connectivity index is 1.30. The number of hydrogen-bond donors (Lipinski definition) is 0. The van der Waals surface area contributed by atoms with Crippen molar-refractivity contribution in [3.05, 3.63) is 29.3 Å². The molecule has 0 aromatic heterocycles. The van der Waals surface area contributed by atoms with E-state index in [1.807, 2.05) is 13.0 Å². The van der Waals surface area contributed by atoms with Crippen LogP contribution in [0.5, 0.6) is 5.75 Å². The van der Waals surface area contributed by atoms with Crippen LogP contribution in [-0.4, -0.2) is 51.4 Å². The lowest BCUT2D eigenvalue weighted by Gasteiger charge is -2.50. The molecule has 2 heterocycles. The van der Waals surface area contributed by atoms with Gasteiger partial charge in [0.2, 0.25) is 0 Å². The van der Waals surface area contributed by atoms with Crippen LogP contribution in [0.15, 0.2) is 18.2 Å². The number of benzene rings is 1. The van der Waals surface area contributed by atoms with Gasteiger partial charge >= 0.3 is 5.97 Å². The van der Waals surface area contributed by atoms with Crippen LogP contribution in [0.2, 0.25) is 0 Å². The first-order valence-corrected chi connectivity index (χ1v) is 8.75. The first-order chi connectivity index (χ1) is 12.0. The van der Waals surface area contributed by atoms with Crippen molar-refractivity contribution in [2.75, 3.05) is 33.5 Å². The third kappa shape index (κ3) is 3.14. The Morgan fingerprint density at radius 3 is 2.72 bits per heavy atom. The summed E-state index contributed by atoms with van der Waals surface area (Å²) in [5.74, 6) is 0.0718. The van der Waals surface area contributed by atoms with Gasteiger partial charge in [-0.05, 0) is 37.1 Å². The Morgan fingerprint density at radius 2 is 2.04 bits per heavy atom. The minimum absolute atomic E-state index is 0.0827. The van der Waals surface area contributed by atoms with Crippen molar-refractivity contribution >= 4 is 5.97 Å². The highest BCUT2D eigenvalue weighted by Crippen LogP contribution is 2.58. The van der Waals surface area contributed by atoms with Gasteiger partial charge in [-0.2, -0.15) is 0 Å². The summed E-state index contributed by atoms with van der Waals surface area (Å²) in [4.78, 5) is 11.6. The summed E-state index contributed by atoms with van der Waals surface area (Å²) >= 11 is 0. The normalized spacial score (nSPS) is 25.9. The topological polar surface area (TPSA) is 63.2 Å². The Bertz CT molecular complexity index is 656. The molecule has 0 N–H and O–H groups in total. The van der Waals surface area contributed by atoms with Crippen molar-refractivity contribution in [1.29, 1.82) is 0 Å². The third-order valence-corrected chi connectivity index (χ3v) is 5.43. The molecule has 1 saturated carbocycles. The van der Waals surface area contributed by atoms with Gasteiger partial charge < -0.3 is 23.7 Å². The molecule has 2 aliphatic heterocycles. The van der Waals surface area contributed by atoms with E-state index in [0.29, 0.717) is 25.4 Å². The van der Waals surface area contributed by atoms with Gasteiger partial charge in [0.15, 0.2) is 5.79 Å². The first-order valence-electron chi connectivity index (χ1n) is 8.75. The second-order valence-corrected chi connectivity index (χ2v) is 7.38. The van der Waals surface area contributed by atoms with Crippen LogP contribution in [0, 0.1) is 12.3 Å². The molecule has 1 aromatic carbocycles. The second kappa shape index (κ2) is 6.27. The zero-order chi connectivity index (χ0) is 17.5. The maximum absolute atomic E-state index is 11.6. The zero-order valence-electron chi connectivity index (χ0n) is 14.7. The van der Waals surface area contributed by atoms with Crippen LogP contribution >= 0.6 is 0 Å². The smallest absolute Gasteiger partial charge is 0.338 e. The summed E-state index contributed by atoms with van der Waals surface area (Å²) < 4.78 is 28.0. The molecule has 1 atom stereocenters. The van der Waals surface area contributed by atoms with Gasteiger partial charge in [-0.15, -0.1) is 0 Å². The van der Waals surface area contributed by atoms with E-state index in [9.17, 15) is 4.79 Å². The molecule has 136 valence electrons. The van der Waals surface area contributed by atoms with Gasteiger partial charge in [-0.25, -0.2) is 4.79 Å². The van der Waals surface area contributed by atoms with Crippen LogP contribution in [-0.2, 0) is 18.9 Å². The van der Waals surface area contributed by atoms with Gasteiger partial charge in [-0.3, -0.25) is 0 Å². The van der Waals surface area contributed by atoms with Crippen molar-refractivity contribution < 1.29 is 28.5 Å². The average molecular weight is 348 g/mol. The highest BCUT2D eigenvalue weighted by Gasteiger charge is 2.61. The Kier molecular flexibility index (Phi) is 4.22. The first kappa shape index (κ1) is 16.8. The summed E-state index contributed by atoms with van der Waals surface area (Å²) in [7, 11) is 1.38. The Labute approximate surface area is 147 Å². The fourth-order valence-electron chi connectivity index (χ4n) is 4.30. The Morgan fingerprint density at radius 1 is 1.28 bits per heavy atom. The van der Waals surface area contributed by atoms with Crippen molar-refractivity contribution in [3.8, 4) is 5.75 Å². The summed E-state index contributed by atoms with van der Waals surface area (Å²) in [6.45, 7) is 4.52. The van der Waals surface area contributed by atoms with Crippen LogP contribution in [0.25, 0.3) is 0 Å². The molecule has 1 aromatic rings. The predicted octanol–water partition coefficient (Wildman–Crippen LogP) is 2.47. The van der Waals surface area contributed by atoms with E-state index in [4.69, 9.17) is 23.7 Å². The number of aryl methyl sites for hydroxylation is 1. The predicted molar refractivity (Wildman–Crippen MR) is 88.7 cm³/mol. The molecule has 6 nitrogen and oxygen atoms in total. The number of esters is 1. The molecular weight excluding hydrogens is 324 g/mol. The Hall–Kier alpha value is -1.63. The molecule has 1 aliphatic carbocycles. The molecule has 0 radical (unpaired) electrons. The van der Waals surface area contributed by atoms with Crippen molar-refractivity contribution in [2.24, 2.45) is 5.41 Å². The van der Waals surface area contributed by atoms with E-state index in [-0.39, 0.29) is 23.3 Å². The van der Waals surface area contributed by atoms with Crippen LogP contribution in [0.4, 0.5) is 0 Å². The standard InChI is InChI=1S/C19H24O6/c1-13-7-14(3-4-16(13)17(20)21-2)22-9-15-8-18(12-23-15)10-19(11-18)24-5-6-25-19/h3-4,7,15H,5-6,8-12H2,1-2H3. The largest absolute Gasteiger partial charge is 0.491 e. The molecule has 3 aliphatic rings. The van der Waals surface area contributed by atoms with Gasteiger partial charge in [0.1, 0.15) is 12.4 Å². The number of ether oxygens (including phenoxy) is 5. The van der Waals surface area contributed by atoms with Crippen molar-refractivity contribution in [1.82, 2.24) is 0 Å². The third-order valence-electron chi connectivity index (χ3n) is 5.43. The van der Waals surface area contributed by atoms with E-state index >= 15 is 0 Å². The fourth-order valence-corrected chi connectivity index (χ4v) is 4.30. The second-order valence-electron chi connectivity index (χ2n) is 7.38. The van der Waals surface area contributed by atoms with Crippen molar-refractivity contribution in [2.45, 2.75) is 38.1 Å². The van der Waals surface area contributed by atoms with E-state index in [1.165, 1.54) is 7.11 Å². The van der Waals surface area contributed by atoms with E-state index < -0.39 is 0 Å². The van der Waals surface area contributed by atoms with E-state index in [2.05, 4.69) is 0 Å². The van der Waals surface area contributed by atoms with Crippen LogP contribution < -0.4 is 4.74 Å². The molecule has 0 bridgehead atoms. The number of hydrogen-bond acceptors (Lipinski definition) is 6. The van der Waals surface area contributed by atoms with E-state index in [1.54, 1.807) is 12.1 Å². The monoisotopic (exact) mass is 348 g/mol. The lowest BCUT2D eigenvalue weighted by molar-refractivity contribution is -0.260. The highest BCUT2D eigenvalue weighted by atomic mass is 16.7. The molecule has 1 unspecified atom stereocenters. The number of carbonyl (C=O) groups is 1. The minimum atomic E-state index is -0.333. The van der Waals surface area contributed by atoms with Gasteiger partial charge in [0.05, 0.1) is 38.6 Å². The molecule has 4 rings (SSSR count). The summed E-state index contributed by atoms with van der Waals surface area (Å²) in [6, 6.07) is 5.38. The molecule has 0 amide bonds. The van der Waals surface area contributed by atoms with Gasteiger partial charge in [-0.1, -0.05) is 0 Å². The molecular formula is C19H24O6. The number of methoxy groups -OCH3 is 1. The minimum Gasteiger partial charge on any atom is -0.491 e. The van der Waals surface area contributed by atoms with E-state index in [0.717, 1.165) is 37.2 Å². The van der Waals surface area contributed by atoms with Crippen molar-refractivity contribution in [3.63, 3.8) is 0 Å². The van der Waals surface area contributed by atoms with Gasteiger partial charge in [0, 0.05) is 18.3 Å². The fraction of sp³-hybridized carbons (Fsp3) is 0.632. The summed E-state index contributed by atoms with van der Waals surface area (Å²) in [6.07, 6.45) is 2.90. The molecule has 2 spiro atoms. The van der Waals surface area contributed by atoms with Crippen LogP contribution in [0.3, 0.4) is 0 Å². The molecule has 3 fully saturated rings. The van der Waals surface area contributed by atoms with Gasteiger partial charge in [0.25, 0.3) is 0 Å².